The van der Waals surface area contributed by atoms with Gasteiger partial charge >= 0.3 is 11.9 Å². The van der Waals surface area contributed by atoms with Crippen LogP contribution in [-0.4, -0.2) is 47.0 Å². The molecule has 1 saturated carbocycles. The molecule has 204 valence electrons. The quantitative estimate of drug-likeness (QED) is 0.199. The van der Waals surface area contributed by atoms with Crippen molar-refractivity contribution in [1.29, 1.82) is 0 Å². The minimum absolute atomic E-state index is 0.0419. The maximum absolute atomic E-state index is 14.5. The summed E-state index contributed by atoms with van der Waals surface area (Å²) < 4.78 is 30.7. The first-order valence-corrected chi connectivity index (χ1v) is 14.7. The molecule has 13 heteroatoms. The number of hydrogen-bond donors (Lipinski definition) is 3. The molecule has 2 heterocycles. The highest BCUT2D eigenvalue weighted by Gasteiger charge is 2.45. The number of furan rings is 1. The normalized spacial score (nSPS) is 14.8. The summed E-state index contributed by atoms with van der Waals surface area (Å²) in [6.07, 6.45) is 2.63. The molecule has 1 fully saturated rings. The van der Waals surface area contributed by atoms with Crippen LogP contribution in [0.15, 0.2) is 16.5 Å². The van der Waals surface area contributed by atoms with Crippen LogP contribution in [0.4, 0.5) is 5.13 Å². The van der Waals surface area contributed by atoms with Crippen molar-refractivity contribution < 1.29 is 32.8 Å². The number of thiazole rings is 1. The van der Waals surface area contributed by atoms with Crippen molar-refractivity contribution >= 4 is 47.1 Å². The second kappa shape index (κ2) is 11.1. The van der Waals surface area contributed by atoms with E-state index in [1.807, 2.05) is 0 Å². The molecule has 0 radical (unpaired) electrons. The van der Waals surface area contributed by atoms with Crippen LogP contribution < -0.4 is 21.4 Å². The first kappa shape index (κ1) is 29.0. The Kier molecular flexibility index (Phi) is 8.68. The Morgan fingerprint density at radius 2 is 1.62 bits per heavy atom. The van der Waals surface area contributed by atoms with Gasteiger partial charge in [0.05, 0.1) is 13.2 Å². The van der Waals surface area contributed by atoms with Crippen LogP contribution in [0.5, 0.6) is 0 Å². The summed E-state index contributed by atoms with van der Waals surface area (Å²) in [6.45, 7) is 9.63. The number of nitrogens with one attached hydrogen (secondary N) is 2. The molecule has 1 aliphatic rings. The molecule has 3 rings (SSSR count). The van der Waals surface area contributed by atoms with E-state index < -0.39 is 30.5 Å². The van der Waals surface area contributed by atoms with E-state index in [1.54, 1.807) is 13.8 Å². The minimum Gasteiger partial charge on any atom is -0.465 e. The van der Waals surface area contributed by atoms with Gasteiger partial charge in [0, 0.05) is 5.92 Å². The van der Waals surface area contributed by atoms with Crippen molar-refractivity contribution in [3.05, 3.63) is 17.0 Å². The number of nitrogen functional groups attached to an aromatic ring is 1. The lowest BCUT2D eigenvalue weighted by Crippen LogP contribution is -2.55. The zero-order valence-electron chi connectivity index (χ0n) is 22.0. The van der Waals surface area contributed by atoms with Gasteiger partial charge in [0.1, 0.15) is 21.6 Å². The molecular weight excluding hydrogens is 519 g/mol. The van der Waals surface area contributed by atoms with Crippen molar-refractivity contribution in [2.45, 2.75) is 71.9 Å². The number of rotatable bonds is 12. The van der Waals surface area contributed by atoms with E-state index in [-0.39, 0.29) is 47.0 Å². The molecule has 0 atom stereocenters. The van der Waals surface area contributed by atoms with E-state index >= 15 is 0 Å². The van der Waals surface area contributed by atoms with Crippen LogP contribution in [0.2, 0.25) is 0 Å². The number of nitrogens with zero attached hydrogens (tertiary/aromatic N) is 1. The summed E-state index contributed by atoms with van der Waals surface area (Å²) in [5.41, 5.74) is 3.27. The molecule has 0 amide bonds. The fourth-order valence-electron chi connectivity index (χ4n) is 3.79. The number of nitrogens with two attached hydrogens (primary N) is 1. The molecule has 11 nitrogen and oxygen atoms in total. The minimum atomic E-state index is -4.02. The molecule has 2 aromatic rings. The Morgan fingerprint density at radius 3 is 2.08 bits per heavy atom. The predicted octanol–water partition coefficient (Wildman–Crippen LogP) is 3.65. The van der Waals surface area contributed by atoms with Gasteiger partial charge in [0.2, 0.25) is 0 Å². The molecule has 0 aliphatic heterocycles. The SMILES string of the molecule is CCOC(=O)C(C)(C)NP(=O)(NC(C)(C)C(=O)OCC)c1ccc(-c2nc(N)sc2C(=O)C2CCC2)o1. The van der Waals surface area contributed by atoms with Crippen LogP contribution >= 0.6 is 18.8 Å². The third kappa shape index (κ3) is 6.31. The van der Waals surface area contributed by atoms with Crippen molar-refractivity contribution in [3.63, 3.8) is 0 Å². The number of aromatic nitrogens is 1. The van der Waals surface area contributed by atoms with E-state index in [2.05, 4.69) is 15.2 Å². The maximum Gasteiger partial charge on any atom is 0.326 e. The van der Waals surface area contributed by atoms with Crippen LogP contribution in [0.1, 0.15) is 70.5 Å². The molecule has 1 aliphatic carbocycles. The van der Waals surface area contributed by atoms with Gasteiger partial charge in [-0.15, -0.1) is 0 Å². The summed E-state index contributed by atoms with van der Waals surface area (Å²) in [4.78, 5) is 42.9. The first-order chi connectivity index (χ1) is 17.2. The predicted molar refractivity (Wildman–Crippen MR) is 141 cm³/mol. The molecule has 0 spiro atoms. The number of ketones is 1. The zero-order valence-corrected chi connectivity index (χ0v) is 23.7. The third-order valence-electron chi connectivity index (χ3n) is 5.92. The van der Waals surface area contributed by atoms with Gasteiger partial charge in [0.25, 0.3) is 7.44 Å². The molecule has 0 saturated heterocycles. The number of carbonyl (C=O) groups is 3. The topological polar surface area (TPSA) is 163 Å². The Hall–Kier alpha value is -2.53. The summed E-state index contributed by atoms with van der Waals surface area (Å²) in [6, 6.07) is 2.98. The highest BCUT2D eigenvalue weighted by molar-refractivity contribution is 7.67. The number of carbonyl (C=O) groups excluding carboxylic acids is 3. The van der Waals surface area contributed by atoms with Crippen LogP contribution in [-0.2, 0) is 23.6 Å². The van der Waals surface area contributed by atoms with Gasteiger partial charge in [-0.2, -0.15) is 0 Å². The van der Waals surface area contributed by atoms with Gasteiger partial charge in [-0.3, -0.25) is 18.9 Å². The van der Waals surface area contributed by atoms with E-state index in [1.165, 1.54) is 39.8 Å². The van der Waals surface area contributed by atoms with Crippen molar-refractivity contribution in [2.24, 2.45) is 5.92 Å². The lowest BCUT2D eigenvalue weighted by Gasteiger charge is -2.34. The number of esters is 2. The molecule has 0 aromatic carbocycles. The van der Waals surface area contributed by atoms with Gasteiger partial charge in [-0.25, -0.2) is 15.2 Å². The average molecular weight is 555 g/mol. The van der Waals surface area contributed by atoms with Crippen molar-refractivity contribution in [2.75, 3.05) is 18.9 Å². The van der Waals surface area contributed by atoms with E-state index in [4.69, 9.17) is 19.6 Å². The molecule has 37 heavy (non-hydrogen) atoms. The first-order valence-electron chi connectivity index (χ1n) is 12.2. The fraction of sp³-hybridized carbons (Fsp3) is 0.583. The standard InChI is InChI=1S/C24H35N4O7PS/c1-7-33-20(30)23(3,4)27-36(32,28-24(5,6)21(31)34-8-2)16-13-12-15(35-16)17-19(37-22(25)26-17)18(29)14-10-9-11-14/h12-14H,7-11H2,1-6H3,(H2,25,26)(H2,27,28,32). The molecule has 4 N–H and O–H groups in total. The Labute approximate surface area is 220 Å². The van der Waals surface area contributed by atoms with E-state index in [9.17, 15) is 18.9 Å². The maximum atomic E-state index is 14.5. The third-order valence-corrected chi connectivity index (χ3v) is 9.43. The number of ether oxygens (including phenoxy) is 2. The zero-order chi connectivity index (χ0) is 27.6. The fourth-order valence-corrected chi connectivity index (χ4v) is 7.19. The van der Waals surface area contributed by atoms with Gasteiger partial charge in [-0.05, 0) is 66.5 Å². The highest BCUT2D eigenvalue weighted by atomic mass is 32.1. The molecule has 0 bridgehead atoms. The Morgan fingerprint density at radius 1 is 1.08 bits per heavy atom. The number of hydrogen-bond acceptors (Lipinski definition) is 10. The molecule has 0 unspecified atom stereocenters. The van der Waals surface area contributed by atoms with E-state index in [0.29, 0.717) is 4.88 Å². The molecular formula is C24H35N4O7PS. The summed E-state index contributed by atoms with van der Waals surface area (Å²) in [5.74, 6) is -1.20. The van der Waals surface area contributed by atoms with Gasteiger partial charge in [0.15, 0.2) is 22.2 Å². The van der Waals surface area contributed by atoms with Gasteiger partial charge < -0.3 is 19.6 Å². The number of anilines is 1. The summed E-state index contributed by atoms with van der Waals surface area (Å²) >= 11 is 1.08. The monoisotopic (exact) mass is 554 g/mol. The second-order valence-corrected chi connectivity index (χ2v) is 13.0. The smallest absolute Gasteiger partial charge is 0.326 e. The largest absolute Gasteiger partial charge is 0.465 e. The van der Waals surface area contributed by atoms with Crippen LogP contribution in [0.3, 0.4) is 0 Å². The van der Waals surface area contributed by atoms with Crippen molar-refractivity contribution in [3.8, 4) is 11.5 Å². The molecule has 2 aromatic heterocycles. The lowest BCUT2D eigenvalue weighted by atomic mass is 9.81. The Bertz CT molecular complexity index is 1180. The van der Waals surface area contributed by atoms with Crippen molar-refractivity contribution in [1.82, 2.24) is 15.2 Å². The highest BCUT2D eigenvalue weighted by Crippen LogP contribution is 2.43. The lowest BCUT2D eigenvalue weighted by molar-refractivity contribution is -0.149. The second-order valence-electron chi connectivity index (χ2n) is 9.88. The summed E-state index contributed by atoms with van der Waals surface area (Å²) in [5, 5.41) is 5.86. The van der Waals surface area contributed by atoms with Gasteiger partial charge in [-0.1, -0.05) is 17.8 Å². The van der Waals surface area contributed by atoms with Crippen LogP contribution in [0.25, 0.3) is 11.5 Å². The summed E-state index contributed by atoms with van der Waals surface area (Å²) in [7, 11) is -4.02. The van der Waals surface area contributed by atoms with Crippen LogP contribution in [0, 0.1) is 5.92 Å². The van der Waals surface area contributed by atoms with E-state index in [0.717, 1.165) is 30.6 Å². The Balaban J connectivity index is 2.03. The average Bonchev–Trinajstić information content (AvgIpc) is 3.39. The number of Topliss-reactive ketones (excluding diaryl/α,β-unsaturated/α-hetero) is 1.